The van der Waals surface area contributed by atoms with E-state index in [9.17, 15) is 4.79 Å². The lowest BCUT2D eigenvalue weighted by Gasteiger charge is -2.04. The average molecular weight is 386 g/mol. The van der Waals surface area contributed by atoms with E-state index in [1.807, 2.05) is 0 Å². The number of unbranched alkanes of at least 4 members (excludes halogenated alkanes) is 14. The number of hydrogen-bond donors (Lipinski definition) is 2. The van der Waals surface area contributed by atoms with Gasteiger partial charge in [0.1, 0.15) is 0 Å². The molecule has 0 aromatic rings. The molecule has 0 aromatic carbocycles. The van der Waals surface area contributed by atoms with Gasteiger partial charge in [-0.2, -0.15) is 0 Å². The molecule has 0 atom stereocenters. The summed E-state index contributed by atoms with van der Waals surface area (Å²) >= 11 is 0. The van der Waals surface area contributed by atoms with Crippen molar-refractivity contribution in [3.8, 4) is 0 Å². The van der Waals surface area contributed by atoms with Crippen molar-refractivity contribution in [2.45, 2.75) is 136 Å². The lowest BCUT2D eigenvalue weighted by Crippen LogP contribution is -2.16. The molecule has 3 nitrogen and oxygen atoms in total. The first-order valence-electron chi connectivity index (χ1n) is 12.1. The van der Waals surface area contributed by atoms with E-state index in [0.29, 0.717) is 6.42 Å². The Morgan fingerprint density at radius 2 is 0.889 bits per heavy atom. The van der Waals surface area contributed by atoms with Crippen LogP contribution in [0.5, 0.6) is 0 Å². The standard InChI is InChI=1S/C16H35N.C8H16O2/c1-3-5-7-9-11-13-15-17-16-14-12-10-8-6-4-2;1-2-3-4-5-6-7-8(9)10/h17H,3-16H2,1-2H3;2-7H2,1H3,(H,9,10). The van der Waals surface area contributed by atoms with Crippen LogP contribution in [0.2, 0.25) is 0 Å². The van der Waals surface area contributed by atoms with Crippen LogP contribution in [0, 0.1) is 0 Å². The molecule has 2 N–H and O–H groups in total. The summed E-state index contributed by atoms with van der Waals surface area (Å²) in [5.41, 5.74) is 0. The fourth-order valence-corrected chi connectivity index (χ4v) is 3.07. The summed E-state index contributed by atoms with van der Waals surface area (Å²) in [5, 5.41) is 11.8. The minimum absolute atomic E-state index is 0.337. The Morgan fingerprint density at radius 3 is 1.26 bits per heavy atom. The van der Waals surface area contributed by atoms with Crippen molar-refractivity contribution in [2.24, 2.45) is 0 Å². The summed E-state index contributed by atoms with van der Waals surface area (Å²) in [6.07, 6.45) is 22.8. The highest BCUT2D eigenvalue weighted by Crippen LogP contribution is 2.06. The lowest BCUT2D eigenvalue weighted by molar-refractivity contribution is -0.137. The van der Waals surface area contributed by atoms with Crippen molar-refractivity contribution in [3.05, 3.63) is 0 Å². The molecule has 0 spiro atoms. The Hall–Kier alpha value is -0.570. The van der Waals surface area contributed by atoms with Crippen LogP contribution in [0.3, 0.4) is 0 Å². The molecule has 0 aliphatic heterocycles. The largest absolute Gasteiger partial charge is 0.481 e. The SMILES string of the molecule is CCCCCCCC(=O)O.CCCCCCCCNCCCCCCCC. The maximum absolute atomic E-state index is 10.0. The van der Waals surface area contributed by atoms with Gasteiger partial charge in [0.25, 0.3) is 0 Å². The van der Waals surface area contributed by atoms with E-state index in [0.717, 1.165) is 12.8 Å². The highest BCUT2D eigenvalue weighted by molar-refractivity contribution is 5.66. The highest BCUT2D eigenvalue weighted by atomic mass is 16.4. The van der Waals surface area contributed by atoms with Gasteiger partial charge in [0.2, 0.25) is 0 Å². The van der Waals surface area contributed by atoms with E-state index in [4.69, 9.17) is 5.11 Å². The number of carboxylic acids is 1. The van der Waals surface area contributed by atoms with E-state index in [1.54, 1.807) is 0 Å². The monoisotopic (exact) mass is 385 g/mol. The van der Waals surface area contributed by atoms with Crippen LogP contribution in [0.4, 0.5) is 0 Å². The van der Waals surface area contributed by atoms with Crippen molar-refractivity contribution in [2.75, 3.05) is 13.1 Å². The number of nitrogens with one attached hydrogen (secondary N) is 1. The van der Waals surface area contributed by atoms with Gasteiger partial charge in [0.05, 0.1) is 0 Å². The van der Waals surface area contributed by atoms with Crippen molar-refractivity contribution in [1.29, 1.82) is 0 Å². The van der Waals surface area contributed by atoms with Crippen LogP contribution >= 0.6 is 0 Å². The molecule has 0 bridgehead atoms. The fraction of sp³-hybridized carbons (Fsp3) is 0.958. The third-order valence-corrected chi connectivity index (χ3v) is 4.91. The summed E-state index contributed by atoms with van der Waals surface area (Å²) in [6.45, 7) is 9.18. The molecule has 0 saturated carbocycles. The van der Waals surface area contributed by atoms with Crippen molar-refractivity contribution < 1.29 is 9.90 Å². The molecule has 0 aliphatic carbocycles. The second-order valence-electron chi connectivity index (χ2n) is 7.84. The predicted octanol–water partition coefficient (Wildman–Crippen LogP) is 7.73. The third-order valence-electron chi connectivity index (χ3n) is 4.91. The zero-order chi connectivity index (χ0) is 20.4. The molecule has 3 heteroatoms. The second-order valence-corrected chi connectivity index (χ2v) is 7.84. The lowest BCUT2D eigenvalue weighted by atomic mass is 10.1. The number of carboxylic acid groups (broad SMARTS) is 1. The number of rotatable bonds is 20. The first kappa shape index (κ1) is 28.6. The highest BCUT2D eigenvalue weighted by Gasteiger charge is 1.95. The van der Waals surface area contributed by atoms with E-state index >= 15 is 0 Å². The Balaban J connectivity index is 0. The van der Waals surface area contributed by atoms with Crippen molar-refractivity contribution >= 4 is 5.97 Å². The zero-order valence-corrected chi connectivity index (χ0v) is 19.0. The van der Waals surface area contributed by atoms with E-state index in [1.165, 1.54) is 109 Å². The Morgan fingerprint density at radius 1 is 0.556 bits per heavy atom. The summed E-state index contributed by atoms with van der Waals surface area (Å²) < 4.78 is 0. The first-order valence-corrected chi connectivity index (χ1v) is 12.1. The van der Waals surface area contributed by atoms with Crippen LogP contribution in [0.1, 0.15) is 136 Å². The second kappa shape index (κ2) is 27.6. The molecule has 0 fully saturated rings. The van der Waals surface area contributed by atoms with Gasteiger partial charge in [-0.1, -0.05) is 111 Å². The molecule has 0 aromatic heterocycles. The fourth-order valence-electron chi connectivity index (χ4n) is 3.07. The predicted molar refractivity (Wildman–Crippen MR) is 121 cm³/mol. The maximum atomic E-state index is 10.0. The van der Waals surface area contributed by atoms with Crippen LogP contribution in [-0.2, 0) is 4.79 Å². The molecule has 0 saturated heterocycles. The Labute approximate surface area is 171 Å². The molecule has 0 heterocycles. The minimum atomic E-state index is -0.670. The van der Waals surface area contributed by atoms with Crippen LogP contribution in [0.25, 0.3) is 0 Å². The molecule has 0 amide bonds. The first-order chi connectivity index (χ1) is 13.2. The summed E-state index contributed by atoms with van der Waals surface area (Å²) in [5.74, 6) is -0.670. The Kier molecular flexibility index (Phi) is 29.3. The van der Waals surface area contributed by atoms with Crippen molar-refractivity contribution in [3.63, 3.8) is 0 Å². The van der Waals surface area contributed by atoms with Gasteiger partial charge >= 0.3 is 5.97 Å². The Bertz CT molecular complexity index is 255. The molecule has 164 valence electrons. The topological polar surface area (TPSA) is 49.3 Å². The van der Waals surface area contributed by atoms with Gasteiger partial charge in [-0.3, -0.25) is 4.79 Å². The zero-order valence-electron chi connectivity index (χ0n) is 19.0. The molecule has 27 heavy (non-hydrogen) atoms. The van der Waals surface area contributed by atoms with Crippen LogP contribution in [0.15, 0.2) is 0 Å². The maximum Gasteiger partial charge on any atom is 0.303 e. The number of aliphatic carboxylic acids is 1. The van der Waals surface area contributed by atoms with Gasteiger partial charge in [0.15, 0.2) is 0 Å². The smallest absolute Gasteiger partial charge is 0.303 e. The summed E-state index contributed by atoms with van der Waals surface area (Å²) in [6, 6.07) is 0. The molecule has 0 unspecified atom stereocenters. The van der Waals surface area contributed by atoms with Crippen molar-refractivity contribution in [1.82, 2.24) is 5.32 Å². The van der Waals surface area contributed by atoms with Crippen LogP contribution < -0.4 is 5.32 Å². The van der Waals surface area contributed by atoms with Gasteiger partial charge in [-0.05, 0) is 32.4 Å². The summed E-state index contributed by atoms with van der Waals surface area (Å²) in [7, 11) is 0. The van der Waals surface area contributed by atoms with E-state index in [2.05, 4.69) is 26.1 Å². The van der Waals surface area contributed by atoms with Gasteiger partial charge in [-0.15, -0.1) is 0 Å². The summed E-state index contributed by atoms with van der Waals surface area (Å²) in [4.78, 5) is 10.0. The quantitative estimate of drug-likeness (QED) is 0.211. The normalized spacial score (nSPS) is 10.5. The van der Waals surface area contributed by atoms with Gasteiger partial charge in [-0.25, -0.2) is 0 Å². The molecular formula is C24H51NO2. The van der Waals surface area contributed by atoms with Crippen LogP contribution in [-0.4, -0.2) is 24.2 Å². The minimum Gasteiger partial charge on any atom is -0.481 e. The molecular weight excluding hydrogens is 334 g/mol. The molecule has 0 rings (SSSR count). The number of hydrogen-bond acceptors (Lipinski definition) is 2. The molecule has 0 radical (unpaired) electrons. The van der Waals surface area contributed by atoms with E-state index in [-0.39, 0.29) is 0 Å². The molecule has 0 aliphatic rings. The van der Waals surface area contributed by atoms with Gasteiger partial charge < -0.3 is 10.4 Å². The average Bonchev–Trinajstić information content (AvgIpc) is 2.66. The van der Waals surface area contributed by atoms with E-state index < -0.39 is 5.97 Å². The number of carbonyl (C=O) groups is 1. The van der Waals surface area contributed by atoms with Gasteiger partial charge in [0, 0.05) is 6.42 Å². The third kappa shape index (κ3) is 33.4.